The number of hydrogen-bond acceptors (Lipinski definition) is 2. The van der Waals surface area contributed by atoms with Crippen LogP contribution in [0, 0.1) is 0 Å². The minimum absolute atomic E-state index is 0.348. The first-order valence-electron chi connectivity index (χ1n) is 20.3. The van der Waals surface area contributed by atoms with E-state index >= 15 is 0 Å². The number of aromatic nitrogens is 4. The molecule has 8 aromatic carbocycles. The van der Waals surface area contributed by atoms with Gasteiger partial charge in [-0.25, -0.2) is 9.97 Å². The largest absolute Gasteiger partial charge is 0.309 e. The zero-order valence-corrected chi connectivity index (χ0v) is 32.8. The number of allylic oxidation sites excluding steroid dienone is 1. The normalized spacial score (nSPS) is 13.5. The molecule has 59 heavy (non-hydrogen) atoms. The van der Waals surface area contributed by atoms with Gasteiger partial charge in [0.1, 0.15) is 0 Å². The summed E-state index contributed by atoms with van der Waals surface area (Å²) in [7, 11) is 0. The molecular weight excluding hydrogens is 717 g/mol. The highest BCUT2D eigenvalue weighted by Gasteiger charge is 2.38. The van der Waals surface area contributed by atoms with Crippen molar-refractivity contribution in [1.29, 1.82) is 0 Å². The topological polar surface area (TPSA) is 35.6 Å². The van der Waals surface area contributed by atoms with Crippen LogP contribution in [0.4, 0.5) is 0 Å². The maximum atomic E-state index is 5.56. The summed E-state index contributed by atoms with van der Waals surface area (Å²) in [6, 6.07) is 67.7. The second-order valence-electron chi connectivity index (χ2n) is 16.2. The molecule has 0 radical (unpaired) electrons. The Hall–Kier alpha value is -7.56. The molecule has 0 saturated carbocycles. The molecule has 4 heteroatoms. The molecule has 1 aliphatic carbocycles. The first-order chi connectivity index (χ1) is 29.0. The molecule has 1 aliphatic rings. The molecule has 0 fully saturated rings. The molecule has 3 heterocycles. The molecule has 0 spiro atoms. The van der Waals surface area contributed by atoms with E-state index < -0.39 is 0 Å². The van der Waals surface area contributed by atoms with Crippen LogP contribution in [0.3, 0.4) is 0 Å². The van der Waals surface area contributed by atoms with Gasteiger partial charge in [0, 0.05) is 43.8 Å². The lowest BCUT2D eigenvalue weighted by atomic mass is 9.81. The summed E-state index contributed by atoms with van der Waals surface area (Å²) < 4.78 is 4.66. The van der Waals surface area contributed by atoms with Gasteiger partial charge in [-0.2, -0.15) is 0 Å². The average Bonchev–Trinajstić information content (AvgIpc) is 3.91. The summed E-state index contributed by atoms with van der Waals surface area (Å²) in [4.78, 5) is 11.1. The quantitative estimate of drug-likeness (QED) is 0.175. The van der Waals surface area contributed by atoms with Gasteiger partial charge in [0.15, 0.2) is 0 Å². The van der Waals surface area contributed by atoms with Crippen molar-refractivity contribution in [3.05, 3.63) is 205 Å². The molecule has 0 atom stereocenters. The summed E-state index contributed by atoms with van der Waals surface area (Å²) >= 11 is 0. The summed E-state index contributed by atoms with van der Waals surface area (Å²) in [6.07, 6.45) is 2.32. The van der Waals surface area contributed by atoms with Crippen LogP contribution < -0.4 is 0 Å². The second-order valence-corrected chi connectivity index (χ2v) is 16.2. The van der Waals surface area contributed by atoms with E-state index in [9.17, 15) is 0 Å². The number of nitrogens with zero attached hydrogens (tertiary/aromatic N) is 4. The highest BCUT2D eigenvalue weighted by atomic mass is 15.2. The molecule has 278 valence electrons. The second kappa shape index (κ2) is 12.7. The van der Waals surface area contributed by atoms with E-state index in [1.807, 2.05) is 0 Å². The number of hydrogen-bond donors (Lipinski definition) is 0. The van der Waals surface area contributed by atoms with E-state index in [0.717, 1.165) is 39.2 Å². The lowest BCUT2D eigenvalue weighted by Crippen LogP contribution is -2.20. The van der Waals surface area contributed by atoms with E-state index in [-0.39, 0.29) is 5.41 Å². The van der Waals surface area contributed by atoms with Crippen LogP contribution in [0.1, 0.15) is 30.7 Å². The van der Waals surface area contributed by atoms with Crippen molar-refractivity contribution in [3.8, 4) is 34.0 Å². The number of fused-ring (bicyclic) bond motifs is 9. The molecule has 0 unspecified atom stereocenters. The lowest BCUT2D eigenvalue weighted by molar-refractivity contribution is 0.669. The number of rotatable bonds is 5. The fourth-order valence-electron chi connectivity index (χ4n) is 9.69. The fraction of sp³-hybridized carbons (Fsp3) is 0.0545. The number of para-hydroxylation sites is 2. The molecule has 0 aliphatic heterocycles. The van der Waals surface area contributed by atoms with Crippen molar-refractivity contribution in [2.75, 3.05) is 0 Å². The molecule has 11 aromatic rings. The first kappa shape index (κ1) is 33.6. The van der Waals surface area contributed by atoms with Gasteiger partial charge in [0.25, 0.3) is 0 Å². The van der Waals surface area contributed by atoms with Gasteiger partial charge >= 0.3 is 0 Å². The predicted octanol–water partition coefficient (Wildman–Crippen LogP) is 14.0. The Morgan fingerprint density at radius 1 is 0.424 bits per heavy atom. The Kier molecular flexibility index (Phi) is 7.24. The van der Waals surface area contributed by atoms with E-state index in [2.05, 4.69) is 217 Å². The van der Waals surface area contributed by atoms with Crippen molar-refractivity contribution < 1.29 is 0 Å². The highest BCUT2D eigenvalue weighted by Crippen LogP contribution is 2.49. The van der Waals surface area contributed by atoms with Crippen LogP contribution in [-0.2, 0) is 5.41 Å². The van der Waals surface area contributed by atoms with Crippen LogP contribution in [0.2, 0.25) is 0 Å². The molecule has 3 aromatic heterocycles. The van der Waals surface area contributed by atoms with Crippen molar-refractivity contribution in [2.24, 2.45) is 0 Å². The monoisotopic (exact) mass is 754 g/mol. The molecule has 0 amide bonds. The maximum Gasteiger partial charge on any atom is 0.235 e. The van der Waals surface area contributed by atoms with E-state index in [1.54, 1.807) is 0 Å². The third-order valence-electron chi connectivity index (χ3n) is 12.5. The Bertz CT molecular complexity index is 3500. The maximum absolute atomic E-state index is 5.56. The van der Waals surface area contributed by atoms with Gasteiger partial charge in [-0.15, -0.1) is 0 Å². The smallest absolute Gasteiger partial charge is 0.235 e. The molecule has 0 bridgehead atoms. The van der Waals surface area contributed by atoms with Crippen molar-refractivity contribution in [1.82, 2.24) is 19.1 Å². The van der Waals surface area contributed by atoms with Gasteiger partial charge in [0.2, 0.25) is 5.95 Å². The third-order valence-corrected chi connectivity index (χ3v) is 12.5. The SMILES string of the molecule is CC1(C)C(c2ccccc2)=Cc2c(-c3ccccc3)nc(-n3c4ccc(-c5ccc6c(c5)c5ccccc5n6-c5ccccc5)cc4c4c5ccccc5ccc43)nc21. The summed E-state index contributed by atoms with van der Waals surface area (Å²) in [5.41, 5.74) is 14.3. The minimum Gasteiger partial charge on any atom is -0.309 e. The van der Waals surface area contributed by atoms with Crippen molar-refractivity contribution >= 4 is 66.0 Å². The van der Waals surface area contributed by atoms with Crippen LogP contribution in [0.15, 0.2) is 188 Å². The fourth-order valence-corrected chi connectivity index (χ4v) is 9.69. The van der Waals surface area contributed by atoms with Gasteiger partial charge in [0.05, 0.1) is 33.5 Å². The Labute approximate surface area is 342 Å². The molecule has 12 rings (SSSR count). The van der Waals surface area contributed by atoms with Crippen molar-refractivity contribution in [2.45, 2.75) is 19.3 Å². The third kappa shape index (κ3) is 5.03. The zero-order valence-electron chi connectivity index (χ0n) is 32.8. The van der Waals surface area contributed by atoms with Crippen LogP contribution >= 0.6 is 0 Å². The lowest BCUT2D eigenvalue weighted by Gasteiger charge is -2.25. The molecule has 4 nitrogen and oxygen atoms in total. The standard InChI is InChI=1S/C55H38N4/c1-55(2)46(36-17-6-3-7-18-36)34-45-52(37-19-8-4-9-20-37)56-54(57-53(45)55)59-49-30-28-39(33-44(49)51-41-23-13-12-16-35(41)26-31-50(51)59)38-27-29-48-43(32-38)42-24-14-15-25-47(42)58(48)40-21-10-5-11-22-40/h3-34H,1-2H3. The van der Waals surface area contributed by atoms with E-state index in [0.29, 0.717) is 5.95 Å². The molecular formula is C55H38N4. The van der Waals surface area contributed by atoms with Gasteiger partial charge in [-0.1, -0.05) is 153 Å². The number of benzene rings is 8. The minimum atomic E-state index is -0.348. The highest BCUT2D eigenvalue weighted by molar-refractivity contribution is 6.22. The summed E-state index contributed by atoms with van der Waals surface area (Å²) in [5.74, 6) is 0.677. The summed E-state index contributed by atoms with van der Waals surface area (Å²) in [6.45, 7) is 4.59. The molecule has 0 saturated heterocycles. The van der Waals surface area contributed by atoms with Crippen LogP contribution in [0.5, 0.6) is 0 Å². The van der Waals surface area contributed by atoms with Crippen molar-refractivity contribution in [3.63, 3.8) is 0 Å². The molecule has 0 N–H and O–H groups in total. The zero-order chi connectivity index (χ0) is 39.2. The summed E-state index contributed by atoms with van der Waals surface area (Å²) in [5, 5.41) is 7.28. The Morgan fingerprint density at radius 3 is 1.75 bits per heavy atom. The average molecular weight is 755 g/mol. The van der Waals surface area contributed by atoms with Gasteiger partial charge in [-0.3, -0.25) is 4.57 Å². The van der Waals surface area contributed by atoms with E-state index in [1.165, 1.54) is 65.6 Å². The van der Waals surface area contributed by atoms with Crippen LogP contribution in [-0.4, -0.2) is 19.1 Å². The van der Waals surface area contributed by atoms with Gasteiger partial charge < -0.3 is 4.57 Å². The van der Waals surface area contributed by atoms with E-state index in [4.69, 9.17) is 9.97 Å². The first-order valence-corrected chi connectivity index (χ1v) is 20.3. The Morgan fingerprint density at radius 2 is 1.00 bits per heavy atom. The van der Waals surface area contributed by atoms with Crippen LogP contribution in [0.25, 0.3) is 100 Å². The predicted molar refractivity (Wildman–Crippen MR) is 246 cm³/mol. The van der Waals surface area contributed by atoms with Gasteiger partial charge in [-0.05, 0) is 87.6 Å². The Balaban J connectivity index is 1.10.